The highest BCUT2D eigenvalue weighted by Gasteiger charge is 2.12. The molecule has 1 aromatic heterocycles. The summed E-state index contributed by atoms with van der Waals surface area (Å²) in [7, 11) is 3.94. The lowest BCUT2D eigenvalue weighted by molar-refractivity contribution is 0.649. The van der Waals surface area contributed by atoms with E-state index in [-0.39, 0.29) is 0 Å². The van der Waals surface area contributed by atoms with Crippen molar-refractivity contribution in [3.05, 3.63) is 42.3 Å². The van der Waals surface area contributed by atoms with Crippen molar-refractivity contribution in [1.29, 1.82) is 5.26 Å². The average molecular weight is 298 g/mol. The number of unbranched alkanes of at least 4 members (excludes halogenated alkanes) is 3. The summed E-state index contributed by atoms with van der Waals surface area (Å²) >= 11 is 0. The van der Waals surface area contributed by atoms with Crippen LogP contribution in [0.4, 0.5) is 5.69 Å². The van der Waals surface area contributed by atoms with Gasteiger partial charge in [0.05, 0.1) is 11.4 Å². The highest BCUT2D eigenvalue weighted by molar-refractivity contribution is 5.74. The number of pyridine rings is 1. The fraction of sp³-hybridized carbons (Fsp3) is 0.444. The average Bonchev–Trinajstić information content (AvgIpc) is 2.53. The lowest BCUT2D eigenvalue weighted by Crippen LogP contribution is -2.19. The lowest BCUT2D eigenvalue weighted by Gasteiger charge is -2.19. The molecule has 0 amide bonds. The van der Waals surface area contributed by atoms with Crippen molar-refractivity contribution in [3.8, 4) is 6.07 Å². The van der Waals surface area contributed by atoms with E-state index in [9.17, 15) is 0 Å². The van der Waals surface area contributed by atoms with E-state index in [0.29, 0.717) is 5.69 Å². The number of hydrogen-bond donors (Lipinski definition) is 1. The van der Waals surface area contributed by atoms with E-state index in [1.54, 1.807) is 12.1 Å². The Kier molecular flexibility index (Phi) is 7.77. The molecule has 0 saturated carbocycles. The molecule has 0 aliphatic carbocycles. The molecule has 0 unspecified atom stereocenters. The van der Waals surface area contributed by atoms with Gasteiger partial charge < -0.3 is 10.2 Å². The molecule has 0 aliphatic rings. The summed E-state index contributed by atoms with van der Waals surface area (Å²) < 4.78 is 0. The number of allylic oxidation sites excluding steroid dienone is 2. The molecule has 0 bridgehead atoms. The van der Waals surface area contributed by atoms with Gasteiger partial charge in [0.1, 0.15) is 17.5 Å². The second-order valence-corrected chi connectivity index (χ2v) is 5.37. The first-order valence-electron chi connectivity index (χ1n) is 7.79. The number of nitrogens with one attached hydrogen (secondary N) is 1. The molecular formula is C18H26N4. The van der Waals surface area contributed by atoms with Crippen molar-refractivity contribution < 1.29 is 0 Å². The second-order valence-electron chi connectivity index (χ2n) is 5.37. The molecule has 1 rings (SSSR count). The van der Waals surface area contributed by atoms with Crippen molar-refractivity contribution in [2.24, 2.45) is 0 Å². The molecule has 0 radical (unpaired) electrons. The van der Waals surface area contributed by atoms with Gasteiger partial charge >= 0.3 is 0 Å². The molecule has 1 heterocycles. The van der Waals surface area contributed by atoms with Crippen molar-refractivity contribution in [3.63, 3.8) is 0 Å². The summed E-state index contributed by atoms with van der Waals surface area (Å²) in [5.41, 5.74) is 3.10. The van der Waals surface area contributed by atoms with Gasteiger partial charge in [-0.3, -0.25) is 0 Å². The Morgan fingerprint density at radius 2 is 2.14 bits per heavy atom. The van der Waals surface area contributed by atoms with Gasteiger partial charge in [-0.25, -0.2) is 4.98 Å². The van der Waals surface area contributed by atoms with Gasteiger partial charge in [-0.15, -0.1) is 0 Å². The van der Waals surface area contributed by atoms with Gasteiger partial charge in [-0.2, -0.15) is 5.26 Å². The molecule has 1 N–H and O–H groups in total. The van der Waals surface area contributed by atoms with Gasteiger partial charge in [0.25, 0.3) is 0 Å². The first-order valence-corrected chi connectivity index (χ1v) is 7.79. The SMILES string of the molecule is C=C/C=C(/NCCCCCC)c1nc(C#N)ccc1N(C)C. The third-order valence-electron chi connectivity index (χ3n) is 3.36. The van der Waals surface area contributed by atoms with Crippen LogP contribution in [0.5, 0.6) is 0 Å². The third kappa shape index (κ3) is 5.25. The smallest absolute Gasteiger partial charge is 0.141 e. The van der Waals surface area contributed by atoms with E-state index >= 15 is 0 Å². The zero-order chi connectivity index (χ0) is 16.4. The maximum absolute atomic E-state index is 9.09. The fourth-order valence-corrected chi connectivity index (χ4v) is 2.19. The number of hydrogen-bond acceptors (Lipinski definition) is 4. The minimum Gasteiger partial charge on any atom is -0.383 e. The zero-order valence-electron chi connectivity index (χ0n) is 13.9. The standard InChI is InChI=1S/C18H26N4/c1-5-7-8-9-13-20-16(10-6-2)18-17(22(3)4)12-11-15(14-19)21-18/h6,10-12,20H,2,5,7-9,13H2,1,3-4H3/b16-10+. The quantitative estimate of drug-likeness (QED) is 0.557. The molecule has 0 aliphatic heterocycles. The molecule has 0 spiro atoms. The van der Waals surface area contributed by atoms with Crippen LogP contribution in [-0.2, 0) is 0 Å². The first-order chi connectivity index (χ1) is 10.6. The third-order valence-corrected chi connectivity index (χ3v) is 3.36. The van der Waals surface area contributed by atoms with Crippen LogP contribution < -0.4 is 10.2 Å². The van der Waals surface area contributed by atoms with Crippen LogP contribution in [-0.4, -0.2) is 25.6 Å². The van der Waals surface area contributed by atoms with E-state index in [4.69, 9.17) is 5.26 Å². The highest BCUT2D eigenvalue weighted by atomic mass is 15.1. The Balaban J connectivity index is 2.97. The van der Waals surface area contributed by atoms with Gasteiger partial charge in [0, 0.05) is 20.6 Å². The van der Waals surface area contributed by atoms with Crippen LogP contribution in [0.15, 0.2) is 30.9 Å². The monoisotopic (exact) mass is 298 g/mol. The van der Waals surface area contributed by atoms with Gasteiger partial charge in [0.2, 0.25) is 0 Å². The van der Waals surface area contributed by atoms with Crippen LogP contribution in [0.1, 0.15) is 44.0 Å². The Morgan fingerprint density at radius 1 is 1.36 bits per heavy atom. The van der Waals surface area contributed by atoms with Gasteiger partial charge in [0.15, 0.2) is 0 Å². The summed E-state index contributed by atoms with van der Waals surface area (Å²) in [6.07, 6.45) is 8.48. The molecular weight excluding hydrogens is 272 g/mol. The predicted octanol–water partition coefficient (Wildman–Crippen LogP) is 3.72. The minimum atomic E-state index is 0.420. The Labute approximate surface area is 134 Å². The molecule has 1 aromatic rings. The maximum Gasteiger partial charge on any atom is 0.141 e. The van der Waals surface area contributed by atoms with Crippen LogP contribution in [0.2, 0.25) is 0 Å². The molecule has 4 heteroatoms. The molecule has 0 atom stereocenters. The normalized spacial score (nSPS) is 10.9. The van der Waals surface area contributed by atoms with Crippen LogP contribution in [0, 0.1) is 11.3 Å². The topological polar surface area (TPSA) is 52.0 Å². The number of aromatic nitrogens is 1. The van der Waals surface area contributed by atoms with E-state index in [2.05, 4.69) is 29.9 Å². The maximum atomic E-state index is 9.09. The zero-order valence-corrected chi connectivity index (χ0v) is 13.9. The Hall–Kier alpha value is -2.28. The molecule has 118 valence electrons. The minimum absolute atomic E-state index is 0.420. The number of nitrogens with zero attached hydrogens (tertiary/aromatic N) is 3. The molecule has 0 fully saturated rings. The lowest BCUT2D eigenvalue weighted by atomic mass is 10.1. The van der Waals surface area contributed by atoms with E-state index < -0.39 is 0 Å². The van der Waals surface area contributed by atoms with Crippen LogP contribution in [0.3, 0.4) is 0 Å². The molecule has 4 nitrogen and oxygen atoms in total. The van der Waals surface area contributed by atoms with Crippen molar-refractivity contribution in [2.75, 3.05) is 25.5 Å². The van der Waals surface area contributed by atoms with E-state index in [1.807, 2.05) is 31.1 Å². The molecule has 0 saturated heterocycles. The number of nitriles is 1. The molecule has 0 aromatic carbocycles. The fourth-order valence-electron chi connectivity index (χ4n) is 2.19. The van der Waals surface area contributed by atoms with Gasteiger partial charge in [-0.05, 0) is 24.6 Å². The van der Waals surface area contributed by atoms with E-state index in [1.165, 1.54) is 19.3 Å². The predicted molar refractivity (Wildman–Crippen MR) is 93.6 cm³/mol. The van der Waals surface area contributed by atoms with Crippen LogP contribution >= 0.6 is 0 Å². The summed E-state index contributed by atoms with van der Waals surface area (Å²) in [5.74, 6) is 0. The van der Waals surface area contributed by atoms with E-state index in [0.717, 1.165) is 30.0 Å². The summed E-state index contributed by atoms with van der Waals surface area (Å²) in [6, 6.07) is 5.77. The van der Waals surface area contributed by atoms with Crippen molar-refractivity contribution in [1.82, 2.24) is 10.3 Å². The van der Waals surface area contributed by atoms with Gasteiger partial charge in [-0.1, -0.05) is 38.8 Å². The van der Waals surface area contributed by atoms with Crippen molar-refractivity contribution >= 4 is 11.4 Å². The summed E-state index contributed by atoms with van der Waals surface area (Å²) in [5, 5.41) is 12.5. The van der Waals surface area contributed by atoms with Crippen LogP contribution in [0.25, 0.3) is 5.70 Å². The highest BCUT2D eigenvalue weighted by Crippen LogP contribution is 2.23. The van der Waals surface area contributed by atoms with Crippen molar-refractivity contribution in [2.45, 2.75) is 32.6 Å². The first kappa shape index (κ1) is 17.8. The number of anilines is 1. The summed E-state index contributed by atoms with van der Waals surface area (Å²) in [6.45, 7) is 6.88. The number of rotatable bonds is 9. The Bertz CT molecular complexity index is 553. The second kappa shape index (κ2) is 9.62. The largest absolute Gasteiger partial charge is 0.383 e. The summed E-state index contributed by atoms with van der Waals surface area (Å²) in [4.78, 5) is 6.46. The Morgan fingerprint density at radius 3 is 2.73 bits per heavy atom. The molecule has 22 heavy (non-hydrogen) atoms.